The van der Waals surface area contributed by atoms with Gasteiger partial charge < -0.3 is 4.74 Å². The van der Waals surface area contributed by atoms with Crippen LogP contribution in [0.25, 0.3) is 0 Å². The van der Waals surface area contributed by atoms with Gasteiger partial charge in [-0.25, -0.2) is 0 Å². The van der Waals surface area contributed by atoms with Crippen molar-refractivity contribution in [1.82, 2.24) is 0 Å². The molecule has 0 aliphatic heterocycles. The second-order valence-corrected chi connectivity index (χ2v) is 4.37. The number of carbonyl (C=O) groups is 1. The normalized spacial score (nSPS) is 9.36. The van der Waals surface area contributed by atoms with Gasteiger partial charge >= 0.3 is 0 Å². The van der Waals surface area contributed by atoms with E-state index in [9.17, 15) is 4.79 Å². The number of benzene rings is 2. The number of nitriles is 2. The maximum atomic E-state index is 12.3. The maximum absolute atomic E-state index is 12.3. The molecule has 1 amide bonds. The molecular formula is C17H13N3O2. The molecule has 0 fully saturated rings. The predicted molar refractivity (Wildman–Crippen MR) is 81.1 cm³/mol. The number of hydrogen-bond acceptors (Lipinski definition) is 4. The van der Waals surface area contributed by atoms with Crippen LogP contribution in [0.3, 0.4) is 0 Å². The number of rotatable bonds is 5. The summed E-state index contributed by atoms with van der Waals surface area (Å²) >= 11 is 0. The van der Waals surface area contributed by atoms with Gasteiger partial charge in [0.1, 0.15) is 18.4 Å². The minimum Gasteiger partial charge on any atom is -0.482 e. The first-order chi connectivity index (χ1) is 10.8. The van der Waals surface area contributed by atoms with E-state index in [1.54, 1.807) is 48.5 Å². The molecule has 2 aromatic carbocycles. The predicted octanol–water partition coefficient (Wildman–Crippen LogP) is 2.49. The van der Waals surface area contributed by atoms with Gasteiger partial charge in [-0.1, -0.05) is 30.3 Å². The van der Waals surface area contributed by atoms with Crippen LogP contribution in [0, 0.1) is 22.7 Å². The zero-order valence-electron chi connectivity index (χ0n) is 11.8. The van der Waals surface area contributed by atoms with E-state index >= 15 is 0 Å². The Labute approximate surface area is 128 Å². The van der Waals surface area contributed by atoms with Gasteiger partial charge in [-0.3, -0.25) is 9.69 Å². The highest BCUT2D eigenvalue weighted by Crippen LogP contribution is 2.18. The first-order valence-corrected chi connectivity index (χ1v) is 6.60. The zero-order valence-corrected chi connectivity index (χ0v) is 11.8. The van der Waals surface area contributed by atoms with Crippen LogP contribution in [0.4, 0.5) is 5.69 Å². The Balaban J connectivity index is 2.10. The maximum Gasteiger partial charge on any atom is 0.265 e. The highest BCUT2D eigenvalue weighted by molar-refractivity contribution is 5.94. The van der Waals surface area contributed by atoms with E-state index in [2.05, 4.69) is 0 Å². The van der Waals surface area contributed by atoms with E-state index in [0.717, 1.165) is 0 Å². The van der Waals surface area contributed by atoms with Crippen LogP contribution in [-0.2, 0) is 4.79 Å². The van der Waals surface area contributed by atoms with Crippen molar-refractivity contribution in [2.75, 3.05) is 18.1 Å². The fraction of sp³-hybridized carbons (Fsp3) is 0.118. The molecular weight excluding hydrogens is 278 g/mol. The molecule has 0 N–H and O–H groups in total. The Morgan fingerprint density at radius 1 is 1.05 bits per heavy atom. The second kappa shape index (κ2) is 7.47. The number of amides is 1. The Hall–Kier alpha value is -3.31. The van der Waals surface area contributed by atoms with Crippen molar-refractivity contribution in [2.24, 2.45) is 0 Å². The Bertz CT molecular complexity index is 730. The molecule has 0 heterocycles. The lowest BCUT2D eigenvalue weighted by Gasteiger charge is -2.19. The van der Waals surface area contributed by atoms with Gasteiger partial charge in [0.15, 0.2) is 6.61 Å². The third-order valence-corrected chi connectivity index (χ3v) is 2.96. The largest absolute Gasteiger partial charge is 0.482 e. The van der Waals surface area contributed by atoms with E-state index in [1.165, 1.54) is 4.90 Å². The quantitative estimate of drug-likeness (QED) is 0.793. The van der Waals surface area contributed by atoms with Crippen LogP contribution in [-0.4, -0.2) is 19.1 Å². The molecule has 22 heavy (non-hydrogen) atoms. The summed E-state index contributed by atoms with van der Waals surface area (Å²) < 4.78 is 5.42. The smallest absolute Gasteiger partial charge is 0.265 e. The van der Waals surface area contributed by atoms with Crippen LogP contribution in [0.15, 0.2) is 54.6 Å². The average molecular weight is 291 g/mol. The Morgan fingerprint density at radius 2 is 1.73 bits per heavy atom. The number of carbonyl (C=O) groups excluding carboxylic acids is 1. The fourth-order valence-electron chi connectivity index (χ4n) is 1.90. The lowest BCUT2D eigenvalue weighted by molar-refractivity contribution is -0.120. The molecule has 5 nitrogen and oxygen atoms in total. The lowest BCUT2D eigenvalue weighted by atomic mass is 10.2. The van der Waals surface area contributed by atoms with Crippen molar-refractivity contribution >= 4 is 11.6 Å². The van der Waals surface area contributed by atoms with Gasteiger partial charge in [0, 0.05) is 5.69 Å². The molecule has 0 unspecified atom stereocenters. The summed E-state index contributed by atoms with van der Waals surface area (Å²) in [6.45, 7) is -0.304. The molecule has 0 atom stereocenters. The Kier molecular flexibility index (Phi) is 5.12. The van der Waals surface area contributed by atoms with Crippen LogP contribution in [0.5, 0.6) is 5.75 Å². The molecule has 0 bridgehead atoms. The van der Waals surface area contributed by atoms with Gasteiger partial charge in [-0.15, -0.1) is 0 Å². The topological polar surface area (TPSA) is 77.1 Å². The van der Waals surface area contributed by atoms with Crippen LogP contribution < -0.4 is 9.64 Å². The molecule has 0 aromatic heterocycles. The van der Waals surface area contributed by atoms with E-state index in [4.69, 9.17) is 15.3 Å². The summed E-state index contributed by atoms with van der Waals surface area (Å²) in [4.78, 5) is 13.6. The zero-order chi connectivity index (χ0) is 15.8. The van der Waals surface area contributed by atoms with E-state index in [0.29, 0.717) is 17.0 Å². The monoisotopic (exact) mass is 291 g/mol. The van der Waals surface area contributed by atoms with Gasteiger partial charge in [0.25, 0.3) is 5.91 Å². The number of para-hydroxylation sites is 2. The molecule has 0 aliphatic rings. The van der Waals surface area contributed by atoms with Crippen LogP contribution >= 0.6 is 0 Å². The molecule has 0 saturated heterocycles. The number of hydrogen-bond donors (Lipinski definition) is 0. The third kappa shape index (κ3) is 3.62. The number of ether oxygens (including phenoxy) is 1. The summed E-state index contributed by atoms with van der Waals surface area (Å²) in [7, 11) is 0. The van der Waals surface area contributed by atoms with Crippen molar-refractivity contribution in [1.29, 1.82) is 10.5 Å². The van der Waals surface area contributed by atoms with Gasteiger partial charge in [0.05, 0.1) is 11.6 Å². The number of anilines is 1. The van der Waals surface area contributed by atoms with E-state index in [1.807, 2.05) is 18.2 Å². The first-order valence-electron chi connectivity index (χ1n) is 6.60. The van der Waals surface area contributed by atoms with E-state index in [-0.39, 0.29) is 19.1 Å². The van der Waals surface area contributed by atoms with Crippen LogP contribution in [0.1, 0.15) is 5.56 Å². The van der Waals surface area contributed by atoms with E-state index < -0.39 is 0 Å². The first kappa shape index (κ1) is 15.1. The van der Waals surface area contributed by atoms with Crippen molar-refractivity contribution in [2.45, 2.75) is 0 Å². The summed E-state index contributed by atoms with van der Waals surface area (Å²) in [5.74, 6) is 0.00353. The number of nitrogens with zero attached hydrogens (tertiary/aromatic N) is 3. The summed E-state index contributed by atoms with van der Waals surface area (Å²) in [6, 6.07) is 19.6. The van der Waals surface area contributed by atoms with Gasteiger partial charge in [-0.2, -0.15) is 10.5 Å². The van der Waals surface area contributed by atoms with Gasteiger partial charge in [-0.05, 0) is 24.3 Å². The summed E-state index contributed by atoms with van der Waals surface area (Å²) in [5, 5.41) is 17.9. The molecule has 2 rings (SSSR count). The van der Waals surface area contributed by atoms with Crippen molar-refractivity contribution in [3.05, 3.63) is 60.2 Å². The molecule has 0 saturated carbocycles. The molecule has 0 aliphatic carbocycles. The second-order valence-electron chi connectivity index (χ2n) is 4.37. The standard InChI is InChI=1S/C17H13N3O2/c18-10-11-20(15-7-2-1-3-8-15)17(21)13-22-16-9-5-4-6-14(16)12-19/h1-9H,11,13H2. The third-order valence-electron chi connectivity index (χ3n) is 2.96. The molecule has 108 valence electrons. The lowest BCUT2D eigenvalue weighted by Crippen LogP contribution is -2.35. The molecule has 0 spiro atoms. The minimum atomic E-state index is -0.347. The molecule has 0 radical (unpaired) electrons. The van der Waals surface area contributed by atoms with Crippen molar-refractivity contribution < 1.29 is 9.53 Å². The average Bonchev–Trinajstić information content (AvgIpc) is 2.58. The van der Waals surface area contributed by atoms with Crippen molar-refractivity contribution in [3.8, 4) is 17.9 Å². The van der Waals surface area contributed by atoms with Crippen molar-refractivity contribution in [3.63, 3.8) is 0 Å². The van der Waals surface area contributed by atoms with Crippen LogP contribution in [0.2, 0.25) is 0 Å². The summed E-state index contributed by atoms with van der Waals surface area (Å²) in [5.41, 5.74) is 0.994. The molecule has 5 heteroatoms. The fourth-order valence-corrected chi connectivity index (χ4v) is 1.90. The molecule has 2 aromatic rings. The minimum absolute atomic E-state index is 0.0634. The summed E-state index contributed by atoms with van der Waals surface area (Å²) in [6.07, 6.45) is 0. The highest BCUT2D eigenvalue weighted by atomic mass is 16.5. The SMILES string of the molecule is N#CCN(C(=O)COc1ccccc1C#N)c1ccccc1. The Morgan fingerprint density at radius 3 is 2.41 bits per heavy atom. The van der Waals surface area contributed by atoms with Gasteiger partial charge in [0.2, 0.25) is 0 Å². The highest BCUT2D eigenvalue weighted by Gasteiger charge is 2.16.